The molecular formula is C20H17FN2O4. The fourth-order valence-electron chi connectivity index (χ4n) is 2.73. The Labute approximate surface area is 155 Å². The van der Waals surface area contributed by atoms with Gasteiger partial charge in [0.2, 0.25) is 0 Å². The van der Waals surface area contributed by atoms with Crippen molar-refractivity contribution < 1.29 is 18.5 Å². The van der Waals surface area contributed by atoms with Gasteiger partial charge in [0.15, 0.2) is 5.76 Å². The van der Waals surface area contributed by atoms with Crippen LogP contribution in [0.15, 0.2) is 65.1 Å². The number of hydrogen-bond acceptors (Lipinski definition) is 4. The van der Waals surface area contributed by atoms with Crippen LogP contribution in [0, 0.1) is 15.9 Å². The Morgan fingerprint density at radius 3 is 2.59 bits per heavy atom. The highest BCUT2D eigenvalue weighted by Gasteiger charge is 2.23. The first-order valence-electron chi connectivity index (χ1n) is 8.24. The van der Waals surface area contributed by atoms with Gasteiger partial charge in [-0.2, -0.15) is 0 Å². The van der Waals surface area contributed by atoms with Gasteiger partial charge in [0.05, 0.1) is 16.5 Å². The molecule has 0 saturated heterocycles. The molecule has 2 aromatic carbocycles. The van der Waals surface area contributed by atoms with Gasteiger partial charge in [-0.3, -0.25) is 14.9 Å². The van der Waals surface area contributed by atoms with Crippen molar-refractivity contribution in [3.8, 4) is 11.3 Å². The normalized spacial score (nSPS) is 11.8. The van der Waals surface area contributed by atoms with E-state index < -0.39 is 22.7 Å². The molecule has 0 fully saturated rings. The van der Waals surface area contributed by atoms with E-state index in [0.29, 0.717) is 5.56 Å². The van der Waals surface area contributed by atoms with Crippen molar-refractivity contribution >= 4 is 11.6 Å². The summed E-state index contributed by atoms with van der Waals surface area (Å²) in [6, 6.07) is 14.9. The molecule has 0 unspecified atom stereocenters. The number of benzene rings is 2. The molecule has 0 bridgehead atoms. The summed E-state index contributed by atoms with van der Waals surface area (Å²) < 4.78 is 19.4. The highest BCUT2D eigenvalue weighted by Crippen LogP contribution is 2.28. The second-order valence-corrected chi connectivity index (χ2v) is 6.09. The summed E-state index contributed by atoms with van der Waals surface area (Å²) >= 11 is 0. The minimum absolute atomic E-state index is 0.0416. The Balaban J connectivity index is 1.82. The average Bonchev–Trinajstić information content (AvgIpc) is 3.16. The quantitative estimate of drug-likeness (QED) is 0.477. The summed E-state index contributed by atoms with van der Waals surface area (Å²) in [5.41, 5.74) is 0.854. The number of hydrogen-bond donors (Lipinski definition) is 0. The van der Waals surface area contributed by atoms with Crippen LogP contribution in [0.1, 0.15) is 29.1 Å². The molecule has 0 aliphatic rings. The van der Waals surface area contributed by atoms with Gasteiger partial charge in [-0.1, -0.05) is 24.3 Å². The van der Waals surface area contributed by atoms with Crippen molar-refractivity contribution in [2.45, 2.75) is 13.0 Å². The van der Waals surface area contributed by atoms with Gasteiger partial charge in [-0.25, -0.2) is 4.39 Å². The lowest BCUT2D eigenvalue weighted by molar-refractivity contribution is -0.384. The molecule has 3 aromatic rings. The molecule has 6 nitrogen and oxygen atoms in total. The molecule has 1 heterocycles. The van der Waals surface area contributed by atoms with E-state index in [0.717, 1.165) is 0 Å². The van der Waals surface area contributed by atoms with E-state index in [1.54, 1.807) is 44.3 Å². The highest BCUT2D eigenvalue weighted by molar-refractivity contribution is 5.92. The Hall–Kier alpha value is -3.48. The number of nitro groups is 1. The van der Waals surface area contributed by atoms with Gasteiger partial charge in [0.1, 0.15) is 11.6 Å². The fourth-order valence-corrected chi connectivity index (χ4v) is 2.73. The predicted molar refractivity (Wildman–Crippen MR) is 97.7 cm³/mol. The average molecular weight is 368 g/mol. The molecule has 0 N–H and O–H groups in total. The Morgan fingerprint density at radius 2 is 1.89 bits per heavy atom. The molecule has 138 valence electrons. The third-order valence-corrected chi connectivity index (χ3v) is 4.42. The van der Waals surface area contributed by atoms with Gasteiger partial charge in [0.25, 0.3) is 11.6 Å². The molecular weight excluding hydrogens is 351 g/mol. The van der Waals surface area contributed by atoms with E-state index in [-0.39, 0.29) is 22.8 Å². The summed E-state index contributed by atoms with van der Waals surface area (Å²) in [6.07, 6.45) is 0. The topological polar surface area (TPSA) is 76.6 Å². The number of carbonyl (C=O) groups is 1. The minimum atomic E-state index is -0.481. The van der Waals surface area contributed by atoms with Crippen LogP contribution < -0.4 is 0 Å². The van der Waals surface area contributed by atoms with Crippen molar-refractivity contribution in [2.75, 3.05) is 7.05 Å². The van der Waals surface area contributed by atoms with E-state index >= 15 is 0 Å². The zero-order valence-electron chi connectivity index (χ0n) is 14.8. The van der Waals surface area contributed by atoms with Crippen molar-refractivity contribution in [3.05, 3.63) is 87.9 Å². The maximum Gasteiger partial charge on any atom is 0.289 e. The number of rotatable bonds is 5. The molecule has 0 aliphatic heterocycles. The summed E-state index contributed by atoms with van der Waals surface area (Å²) in [4.78, 5) is 24.6. The fraction of sp³-hybridized carbons (Fsp3) is 0.150. The largest absolute Gasteiger partial charge is 0.451 e. The number of non-ortho nitro benzene ring substituents is 1. The van der Waals surface area contributed by atoms with Crippen LogP contribution in [0.3, 0.4) is 0 Å². The zero-order chi connectivity index (χ0) is 19.6. The first-order chi connectivity index (χ1) is 12.9. The number of furan rings is 1. The lowest BCUT2D eigenvalue weighted by Gasteiger charge is -2.24. The highest BCUT2D eigenvalue weighted by atomic mass is 19.1. The Morgan fingerprint density at radius 1 is 1.15 bits per heavy atom. The smallest absolute Gasteiger partial charge is 0.289 e. The van der Waals surface area contributed by atoms with Gasteiger partial charge >= 0.3 is 0 Å². The first-order valence-corrected chi connectivity index (χ1v) is 8.24. The molecule has 0 radical (unpaired) electrons. The monoisotopic (exact) mass is 368 g/mol. The van der Waals surface area contributed by atoms with E-state index in [2.05, 4.69) is 0 Å². The zero-order valence-corrected chi connectivity index (χ0v) is 14.8. The van der Waals surface area contributed by atoms with Crippen LogP contribution >= 0.6 is 0 Å². The lowest BCUT2D eigenvalue weighted by atomic mass is 10.1. The van der Waals surface area contributed by atoms with Gasteiger partial charge in [-0.15, -0.1) is 0 Å². The van der Waals surface area contributed by atoms with Gasteiger partial charge in [-0.05, 0) is 36.8 Å². The molecule has 1 atom stereocenters. The summed E-state index contributed by atoms with van der Waals surface area (Å²) in [5.74, 6) is -0.526. The van der Waals surface area contributed by atoms with E-state index in [4.69, 9.17) is 4.42 Å². The molecule has 27 heavy (non-hydrogen) atoms. The van der Waals surface area contributed by atoms with Crippen LogP contribution in [-0.2, 0) is 0 Å². The molecule has 1 amide bonds. The third kappa shape index (κ3) is 3.72. The molecule has 0 spiro atoms. The van der Waals surface area contributed by atoms with Crippen LogP contribution in [0.4, 0.5) is 10.1 Å². The maximum atomic E-state index is 13.9. The van der Waals surface area contributed by atoms with Crippen molar-refractivity contribution in [3.63, 3.8) is 0 Å². The second-order valence-electron chi connectivity index (χ2n) is 6.09. The molecule has 0 aliphatic carbocycles. The number of halogens is 1. The standard InChI is InChI=1S/C20H17FN2O4/c1-13(14-6-5-7-15(12-14)23(25)26)22(2)20(24)19-11-10-18(27-19)16-8-3-4-9-17(16)21/h3-13H,1-2H3/t13-/m1/s1. The minimum Gasteiger partial charge on any atom is -0.451 e. The van der Waals surface area contributed by atoms with E-state index in [9.17, 15) is 19.3 Å². The number of carbonyl (C=O) groups excluding carboxylic acids is 1. The van der Waals surface area contributed by atoms with Crippen LogP contribution in [0.2, 0.25) is 0 Å². The van der Waals surface area contributed by atoms with Crippen molar-refractivity contribution in [1.82, 2.24) is 4.90 Å². The lowest BCUT2D eigenvalue weighted by Crippen LogP contribution is -2.29. The SMILES string of the molecule is C[C@H](c1cccc([N+](=O)[O-])c1)N(C)C(=O)c1ccc(-c2ccccc2F)o1. The molecule has 0 saturated carbocycles. The van der Waals surface area contributed by atoms with E-state index in [1.165, 1.54) is 35.2 Å². The summed E-state index contributed by atoms with van der Waals surface area (Å²) in [5, 5.41) is 10.9. The number of nitro benzene ring substituents is 1. The van der Waals surface area contributed by atoms with Crippen LogP contribution in [-0.4, -0.2) is 22.8 Å². The second kappa shape index (κ2) is 7.41. The first kappa shape index (κ1) is 18.3. The number of nitrogens with zero attached hydrogens (tertiary/aromatic N) is 2. The number of amides is 1. The molecule has 3 rings (SSSR count). The summed E-state index contributed by atoms with van der Waals surface area (Å²) in [7, 11) is 1.58. The maximum absolute atomic E-state index is 13.9. The Kier molecular flexibility index (Phi) is 5.03. The van der Waals surface area contributed by atoms with Crippen LogP contribution in [0.25, 0.3) is 11.3 Å². The predicted octanol–water partition coefficient (Wildman–Crippen LogP) is 4.83. The van der Waals surface area contributed by atoms with Crippen molar-refractivity contribution in [2.24, 2.45) is 0 Å². The van der Waals surface area contributed by atoms with Gasteiger partial charge < -0.3 is 9.32 Å². The third-order valence-electron chi connectivity index (χ3n) is 4.42. The summed E-state index contributed by atoms with van der Waals surface area (Å²) in [6.45, 7) is 1.76. The van der Waals surface area contributed by atoms with E-state index in [1.807, 2.05) is 0 Å². The Bertz CT molecular complexity index is 999. The van der Waals surface area contributed by atoms with Gasteiger partial charge in [0, 0.05) is 19.2 Å². The molecule has 1 aromatic heterocycles. The molecule has 7 heteroatoms. The van der Waals surface area contributed by atoms with Crippen molar-refractivity contribution in [1.29, 1.82) is 0 Å². The van der Waals surface area contributed by atoms with Crippen LogP contribution in [0.5, 0.6) is 0 Å².